The number of pyridine rings is 2. The van der Waals surface area contributed by atoms with Crippen LogP contribution in [0.2, 0.25) is 0 Å². The topological polar surface area (TPSA) is 202 Å². The Hall–Kier alpha value is -6.33. The lowest BCUT2D eigenvalue weighted by molar-refractivity contribution is -0.115. The first-order chi connectivity index (χ1) is 21.2. The molecule has 0 unspecified atom stereocenters. The molecule has 11 nitrogen and oxygen atoms in total. The van der Waals surface area contributed by atoms with Crippen molar-refractivity contribution in [1.29, 1.82) is 0 Å². The monoisotopic (exact) mass is 604 g/mol. The predicted octanol–water partition coefficient (Wildman–Crippen LogP) is 5.21. The van der Waals surface area contributed by atoms with E-state index in [1.54, 1.807) is 60.7 Å². The van der Waals surface area contributed by atoms with Crippen molar-refractivity contribution in [3.63, 3.8) is 0 Å². The molecule has 0 aliphatic carbocycles. The highest BCUT2D eigenvalue weighted by Gasteiger charge is 2.14. The molecule has 2 heterocycles. The lowest BCUT2D eigenvalue weighted by Gasteiger charge is -2.05. The lowest BCUT2D eigenvalue weighted by Crippen LogP contribution is -2.21. The van der Waals surface area contributed by atoms with Gasteiger partial charge in [-0.1, -0.05) is 60.7 Å². The number of primary amides is 1. The van der Waals surface area contributed by atoms with E-state index in [-0.39, 0.29) is 34.0 Å². The van der Waals surface area contributed by atoms with E-state index in [4.69, 9.17) is 0 Å². The van der Waals surface area contributed by atoms with E-state index in [0.717, 1.165) is 0 Å². The highest BCUT2D eigenvalue weighted by atomic mass is 16.2. The van der Waals surface area contributed by atoms with E-state index in [1.165, 1.54) is 19.3 Å². The Bertz CT molecular complexity index is 1890. The van der Waals surface area contributed by atoms with E-state index >= 15 is 0 Å². The summed E-state index contributed by atoms with van der Waals surface area (Å²) in [5.41, 5.74) is 6.89. The number of aromatic nitrogens is 2. The highest BCUT2D eigenvalue weighted by Crippen LogP contribution is 2.11. The fourth-order valence-corrected chi connectivity index (χ4v) is 4.11. The van der Waals surface area contributed by atoms with Gasteiger partial charge in [0, 0.05) is 52.5 Å². The lowest BCUT2D eigenvalue weighted by atomic mass is 10.1. The first-order valence-electron chi connectivity index (χ1n) is 13.4. The molecule has 0 spiro atoms. The highest BCUT2D eigenvalue weighted by molar-refractivity contribution is 6.06. The summed E-state index contributed by atoms with van der Waals surface area (Å²) < 4.78 is 0. The smallest absolute Gasteiger partial charge is 0.261 e. The third kappa shape index (κ3) is 8.83. The molecule has 11 heteroatoms. The molecular formula is C34H32N6O5. The van der Waals surface area contributed by atoms with Crippen LogP contribution in [0.15, 0.2) is 131 Å². The Labute approximate surface area is 257 Å². The van der Waals surface area contributed by atoms with Gasteiger partial charge in [-0.2, -0.15) is 0 Å². The summed E-state index contributed by atoms with van der Waals surface area (Å²) >= 11 is 0. The molecule has 9 N–H and O–H groups in total. The average molecular weight is 605 g/mol. The Balaban J connectivity index is 0.000000215. The third-order valence-electron chi connectivity index (χ3n) is 6.13. The van der Waals surface area contributed by atoms with Crippen LogP contribution in [0.1, 0.15) is 27.6 Å². The zero-order valence-corrected chi connectivity index (χ0v) is 24.4. The number of nitrogens with one attached hydrogen (secondary N) is 4. The van der Waals surface area contributed by atoms with Crippen molar-refractivity contribution < 1.29 is 14.4 Å². The fraction of sp³-hybridized carbons (Fsp3) is 0.0294. The van der Waals surface area contributed by atoms with Crippen LogP contribution in [-0.4, -0.2) is 27.7 Å². The second-order valence-corrected chi connectivity index (χ2v) is 9.41. The van der Waals surface area contributed by atoms with Crippen molar-refractivity contribution in [3.05, 3.63) is 153 Å². The Kier molecular flexibility index (Phi) is 11.6. The molecule has 0 radical (unpaired) electrons. The van der Waals surface area contributed by atoms with Crippen LogP contribution in [0.3, 0.4) is 0 Å². The summed E-state index contributed by atoms with van der Waals surface area (Å²) in [5, 5.41) is 6.42. The molecule has 0 saturated carbocycles. The van der Waals surface area contributed by atoms with Gasteiger partial charge in [-0.25, -0.2) is 0 Å². The first kappa shape index (κ1) is 33.2. The van der Waals surface area contributed by atoms with Gasteiger partial charge in [-0.3, -0.25) is 24.0 Å². The zero-order valence-electron chi connectivity index (χ0n) is 24.4. The minimum atomic E-state index is -0.414. The molecule has 6 aromatic rings. The van der Waals surface area contributed by atoms with Gasteiger partial charge in [0.2, 0.25) is 16.8 Å². The summed E-state index contributed by atoms with van der Waals surface area (Å²) in [7, 11) is 0. The van der Waals surface area contributed by atoms with Crippen LogP contribution < -0.4 is 33.4 Å². The number of amides is 3. The summed E-state index contributed by atoms with van der Waals surface area (Å²) in [4.78, 5) is 64.0. The Morgan fingerprint density at radius 1 is 0.556 bits per heavy atom. The van der Waals surface area contributed by atoms with Crippen molar-refractivity contribution >= 4 is 50.9 Å². The molecule has 3 amide bonds. The number of fused-ring (bicyclic) bond motifs is 2. The number of hydrogen-bond acceptors (Lipinski definition) is 6. The number of carbonyl (C=O) groups excluding carboxylic acids is 3. The zero-order chi connectivity index (χ0) is 31.5. The quantitative estimate of drug-likeness (QED) is 0.159. The van der Waals surface area contributed by atoms with Gasteiger partial charge in [0.05, 0.1) is 0 Å². The molecule has 4 aromatic carbocycles. The number of rotatable bonds is 4. The van der Waals surface area contributed by atoms with Crippen molar-refractivity contribution in [2.45, 2.75) is 6.92 Å². The largest absolute Gasteiger partial charge is 0.370 e. The molecule has 6 rings (SSSR count). The normalized spacial score (nSPS) is 9.80. The van der Waals surface area contributed by atoms with E-state index in [2.05, 4.69) is 26.3 Å². The SMILES string of the molecule is CC(N)=O.N.O=C(Nc1ccccc1)c1c[nH]c2ccccc2c1=O.O=C(Nc1ccccc1)c1c[nH]c2ccccc2c1=O. The van der Waals surface area contributed by atoms with E-state index in [1.807, 2.05) is 48.5 Å². The summed E-state index contributed by atoms with van der Waals surface area (Å²) in [5.74, 6) is -1.16. The van der Waals surface area contributed by atoms with Crippen molar-refractivity contribution in [3.8, 4) is 0 Å². The second kappa shape index (κ2) is 15.8. The van der Waals surface area contributed by atoms with Crippen LogP contribution >= 0.6 is 0 Å². The van der Waals surface area contributed by atoms with Gasteiger partial charge in [0.1, 0.15) is 11.1 Å². The number of aromatic amines is 2. The number of hydrogen-bond donors (Lipinski definition) is 6. The van der Waals surface area contributed by atoms with Crippen molar-refractivity contribution in [1.82, 2.24) is 16.1 Å². The number of nitrogens with two attached hydrogens (primary N) is 1. The number of para-hydroxylation sites is 4. The molecular weight excluding hydrogens is 572 g/mol. The molecule has 0 atom stereocenters. The van der Waals surface area contributed by atoms with Crippen LogP contribution in [0.25, 0.3) is 21.8 Å². The van der Waals surface area contributed by atoms with Gasteiger partial charge < -0.3 is 32.5 Å². The molecule has 45 heavy (non-hydrogen) atoms. The van der Waals surface area contributed by atoms with E-state index < -0.39 is 11.8 Å². The molecule has 0 fully saturated rings. The minimum absolute atomic E-state index is 0. The minimum Gasteiger partial charge on any atom is -0.370 e. The standard InChI is InChI=1S/2C16H12N2O2.C2H5NO.H3N/c2*19-15-12-8-4-5-9-14(12)17-10-13(15)16(20)18-11-6-2-1-3-7-11;1-2(3)4;/h2*1-10H,(H,17,19)(H,18,20);1H3,(H2,3,4);1H3. The molecule has 0 aliphatic heterocycles. The van der Waals surface area contributed by atoms with E-state index in [0.29, 0.717) is 33.2 Å². The van der Waals surface area contributed by atoms with Crippen LogP contribution in [-0.2, 0) is 4.79 Å². The second-order valence-electron chi connectivity index (χ2n) is 9.41. The Morgan fingerprint density at radius 2 is 0.867 bits per heavy atom. The molecule has 2 aromatic heterocycles. The van der Waals surface area contributed by atoms with Crippen LogP contribution in [0, 0.1) is 0 Å². The fourth-order valence-electron chi connectivity index (χ4n) is 4.11. The third-order valence-corrected chi connectivity index (χ3v) is 6.13. The van der Waals surface area contributed by atoms with Crippen LogP contribution in [0.5, 0.6) is 0 Å². The van der Waals surface area contributed by atoms with Gasteiger partial charge in [-0.15, -0.1) is 0 Å². The maximum atomic E-state index is 12.3. The first-order valence-corrected chi connectivity index (χ1v) is 13.4. The van der Waals surface area contributed by atoms with Crippen LogP contribution in [0.4, 0.5) is 11.4 Å². The summed E-state index contributed by atoms with van der Waals surface area (Å²) in [6.07, 6.45) is 2.89. The maximum Gasteiger partial charge on any atom is 0.261 e. The Morgan fingerprint density at radius 3 is 1.22 bits per heavy atom. The van der Waals surface area contributed by atoms with Gasteiger partial charge >= 0.3 is 0 Å². The van der Waals surface area contributed by atoms with Crippen molar-refractivity contribution in [2.24, 2.45) is 5.73 Å². The number of benzene rings is 4. The molecule has 228 valence electrons. The number of H-pyrrole nitrogens is 2. The summed E-state index contributed by atoms with van der Waals surface area (Å²) in [6, 6.07) is 32.3. The molecule has 0 aliphatic rings. The maximum absolute atomic E-state index is 12.3. The van der Waals surface area contributed by atoms with Crippen molar-refractivity contribution in [2.75, 3.05) is 10.6 Å². The van der Waals surface area contributed by atoms with Gasteiger partial charge in [0.25, 0.3) is 11.8 Å². The molecule has 0 bridgehead atoms. The molecule has 0 saturated heterocycles. The number of carbonyl (C=O) groups is 3. The summed E-state index contributed by atoms with van der Waals surface area (Å²) in [6.45, 7) is 1.31. The predicted molar refractivity (Wildman–Crippen MR) is 178 cm³/mol. The average Bonchev–Trinajstić information content (AvgIpc) is 3.02. The van der Waals surface area contributed by atoms with Gasteiger partial charge in [0.15, 0.2) is 0 Å². The number of anilines is 2. The van der Waals surface area contributed by atoms with E-state index in [9.17, 15) is 24.0 Å². The van der Waals surface area contributed by atoms with Gasteiger partial charge in [-0.05, 0) is 48.5 Å².